The minimum absolute atomic E-state index is 0.342. The molecule has 2 rings (SSSR count). The predicted molar refractivity (Wildman–Crippen MR) is 52.5 cm³/mol. The number of oxazole rings is 1. The molecule has 0 aliphatic heterocycles. The molecule has 0 unspecified atom stereocenters. The second-order valence-corrected chi connectivity index (χ2v) is 3.00. The van der Waals surface area contributed by atoms with Gasteiger partial charge in [0.2, 0.25) is 5.71 Å². The number of pyridine rings is 1. The zero-order valence-corrected chi connectivity index (χ0v) is 8.48. The van der Waals surface area contributed by atoms with Crippen molar-refractivity contribution in [3.05, 3.63) is 23.7 Å². The first-order valence-electron chi connectivity index (χ1n) is 4.61. The molecule has 0 atom stereocenters. The largest absolute Gasteiger partial charge is 0.462 e. The van der Waals surface area contributed by atoms with Crippen LogP contribution in [0.25, 0.3) is 11.2 Å². The van der Waals surface area contributed by atoms with Gasteiger partial charge in [0.15, 0.2) is 5.89 Å². The summed E-state index contributed by atoms with van der Waals surface area (Å²) < 4.78 is 10.0. The number of hydrogen-bond acceptors (Lipinski definition) is 5. The molecule has 2 heterocycles. The molecule has 5 heteroatoms. The van der Waals surface area contributed by atoms with E-state index in [1.807, 2.05) is 0 Å². The van der Waals surface area contributed by atoms with Crippen molar-refractivity contribution in [1.82, 2.24) is 9.97 Å². The number of aromatic nitrogens is 2. The van der Waals surface area contributed by atoms with Crippen LogP contribution < -0.4 is 0 Å². The molecule has 0 amide bonds. The lowest BCUT2D eigenvalue weighted by Gasteiger charge is -1.99. The highest BCUT2D eigenvalue weighted by Crippen LogP contribution is 2.14. The number of aryl methyl sites for hydroxylation is 1. The molecule has 5 nitrogen and oxygen atoms in total. The molecular formula is C10H10N2O3. The van der Waals surface area contributed by atoms with Crippen LogP contribution in [0.15, 0.2) is 16.7 Å². The number of nitrogens with zero attached hydrogens (tertiary/aromatic N) is 2. The Kier molecular flexibility index (Phi) is 2.37. The van der Waals surface area contributed by atoms with E-state index in [1.54, 1.807) is 19.9 Å². The molecule has 0 saturated heterocycles. The fraction of sp³-hybridized carbons (Fsp3) is 0.300. The molecule has 0 aliphatic rings. The van der Waals surface area contributed by atoms with Gasteiger partial charge in [0.1, 0.15) is 5.52 Å². The van der Waals surface area contributed by atoms with E-state index < -0.39 is 5.97 Å². The van der Waals surface area contributed by atoms with Gasteiger partial charge >= 0.3 is 5.97 Å². The van der Waals surface area contributed by atoms with E-state index >= 15 is 0 Å². The van der Waals surface area contributed by atoms with Crippen LogP contribution in [0.2, 0.25) is 0 Å². The minimum atomic E-state index is -0.396. The van der Waals surface area contributed by atoms with Gasteiger partial charge < -0.3 is 9.15 Å². The molecule has 0 aromatic carbocycles. The third kappa shape index (κ3) is 1.81. The normalized spacial score (nSPS) is 10.5. The van der Waals surface area contributed by atoms with Crippen molar-refractivity contribution in [2.75, 3.05) is 6.61 Å². The van der Waals surface area contributed by atoms with Crippen LogP contribution in [-0.2, 0) is 4.74 Å². The van der Waals surface area contributed by atoms with Crippen LogP contribution in [0.5, 0.6) is 0 Å². The lowest BCUT2D eigenvalue weighted by molar-refractivity contribution is 0.0526. The summed E-state index contributed by atoms with van der Waals surface area (Å²) in [6, 6.07) is 1.61. The molecule has 0 aliphatic carbocycles. The first kappa shape index (κ1) is 9.64. The highest BCUT2D eigenvalue weighted by molar-refractivity contribution is 5.91. The molecule has 15 heavy (non-hydrogen) atoms. The standard InChI is InChI=1S/C10H10N2O3/c1-3-14-10(13)7-4-8-9(11-5-7)15-6(2)12-8/h4-5H,3H2,1-2H3. The number of carbonyl (C=O) groups excluding carboxylic acids is 1. The Hall–Kier alpha value is -1.91. The maximum absolute atomic E-state index is 11.4. The van der Waals surface area contributed by atoms with E-state index in [0.717, 1.165) is 0 Å². The van der Waals surface area contributed by atoms with E-state index in [2.05, 4.69) is 9.97 Å². The Morgan fingerprint density at radius 2 is 2.40 bits per heavy atom. The maximum Gasteiger partial charge on any atom is 0.339 e. The molecule has 0 N–H and O–H groups in total. The van der Waals surface area contributed by atoms with E-state index in [1.165, 1.54) is 6.20 Å². The van der Waals surface area contributed by atoms with Crippen LogP contribution >= 0.6 is 0 Å². The average molecular weight is 206 g/mol. The van der Waals surface area contributed by atoms with Gasteiger partial charge in [-0.05, 0) is 13.0 Å². The SMILES string of the molecule is CCOC(=O)c1cnc2oc(C)nc2c1. The lowest BCUT2D eigenvalue weighted by Crippen LogP contribution is -2.04. The van der Waals surface area contributed by atoms with Crippen molar-refractivity contribution in [3.63, 3.8) is 0 Å². The smallest absolute Gasteiger partial charge is 0.339 e. The molecule has 0 fully saturated rings. The summed E-state index contributed by atoms with van der Waals surface area (Å²) in [7, 11) is 0. The van der Waals surface area contributed by atoms with Crippen molar-refractivity contribution in [2.24, 2.45) is 0 Å². The van der Waals surface area contributed by atoms with Crippen molar-refractivity contribution < 1.29 is 13.9 Å². The van der Waals surface area contributed by atoms with Crippen LogP contribution in [0, 0.1) is 6.92 Å². The number of rotatable bonds is 2. The highest BCUT2D eigenvalue weighted by Gasteiger charge is 2.10. The van der Waals surface area contributed by atoms with E-state index in [-0.39, 0.29) is 0 Å². The summed E-state index contributed by atoms with van der Waals surface area (Å²) >= 11 is 0. The van der Waals surface area contributed by atoms with Crippen LogP contribution in [-0.4, -0.2) is 22.5 Å². The summed E-state index contributed by atoms with van der Waals surface area (Å²) in [4.78, 5) is 19.4. The number of hydrogen-bond donors (Lipinski definition) is 0. The first-order chi connectivity index (χ1) is 7.20. The number of ether oxygens (including phenoxy) is 1. The van der Waals surface area contributed by atoms with Crippen LogP contribution in [0.3, 0.4) is 0 Å². The molecule has 0 spiro atoms. The number of esters is 1. The van der Waals surface area contributed by atoms with E-state index in [0.29, 0.717) is 29.3 Å². The fourth-order valence-electron chi connectivity index (χ4n) is 1.26. The second kappa shape index (κ2) is 3.68. The monoisotopic (exact) mass is 206 g/mol. The number of fused-ring (bicyclic) bond motifs is 1. The average Bonchev–Trinajstić information content (AvgIpc) is 2.57. The molecule has 2 aromatic rings. The topological polar surface area (TPSA) is 65.2 Å². The molecular weight excluding hydrogens is 196 g/mol. The maximum atomic E-state index is 11.4. The zero-order valence-electron chi connectivity index (χ0n) is 8.48. The number of carbonyl (C=O) groups is 1. The zero-order chi connectivity index (χ0) is 10.8. The van der Waals surface area contributed by atoms with Gasteiger partial charge in [0.05, 0.1) is 12.2 Å². The van der Waals surface area contributed by atoms with Gasteiger partial charge in [-0.3, -0.25) is 0 Å². The molecule has 0 radical (unpaired) electrons. The minimum Gasteiger partial charge on any atom is -0.462 e. The first-order valence-corrected chi connectivity index (χ1v) is 4.61. The fourth-order valence-corrected chi connectivity index (χ4v) is 1.26. The van der Waals surface area contributed by atoms with Crippen LogP contribution in [0.4, 0.5) is 0 Å². The summed E-state index contributed by atoms with van der Waals surface area (Å²) in [6.07, 6.45) is 1.42. The summed E-state index contributed by atoms with van der Waals surface area (Å²) in [5.41, 5.74) is 1.39. The third-order valence-electron chi connectivity index (χ3n) is 1.87. The Labute approximate surface area is 86.1 Å². The Morgan fingerprint density at radius 3 is 3.13 bits per heavy atom. The molecule has 78 valence electrons. The van der Waals surface area contributed by atoms with Crippen molar-refractivity contribution in [1.29, 1.82) is 0 Å². The quantitative estimate of drug-likeness (QED) is 0.700. The Bertz CT molecular complexity index is 504. The summed E-state index contributed by atoms with van der Waals surface area (Å²) in [5.74, 6) is 0.131. The molecule has 0 bridgehead atoms. The van der Waals surface area contributed by atoms with Crippen LogP contribution in [0.1, 0.15) is 23.2 Å². The molecule has 2 aromatic heterocycles. The molecule has 0 saturated carbocycles. The Morgan fingerprint density at radius 1 is 1.60 bits per heavy atom. The van der Waals surface area contributed by atoms with Crippen molar-refractivity contribution in [3.8, 4) is 0 Å². The Balaban J connectivity index is 2.41. The van der Waals surface area contributed by atoms with Gasteiger partial charge in [-0.2, -0.15) is 0 Å². The van der Waals surface area contributed by atoms with Gasteiger partial charge in [-0.25, -0.2) is 14.8 Å². The van der Waals surface area contributed by atoms with E-state index in [4.69, 9.17) is 9.15 Å². The predicted octanol–water partition coefficient (Wildman–Crippen LogP) is 1.71. The summed E-state index contributed by atoms with van der Waals surface area (Å²) in [6.45, 7) is 3.82. The van der Waals surface area contributed by atoms with Gasteiger partial charge in [0, 0.05) is 13.1 Å². The van der Waals surface area contributed by atoms with Gasteiger partial charge in [-0.15, -0.1) is 0 Å². The third-order valence-corrected chi connectivity index (χ3v) is 1.87. The van der Waals surface area contributed by atoms with Crippen molar-refractivity contribution >= 4 is 17.2 Å². The van der Waals surface area contributed by atoms with Gasteiger partial charge in [-0.1, -0.05) is 0 Å². The van der Waals surface area contributed by atoms with Crippen molar-refractivity contribution in [2.45, 2.75) is 13.8 Å². The van der Waals surface area contributed by atoms with E-state index in [9.17, 15) is 4.79 Å². The highest BCUT2D eigenvalue weighted by atomic mass is 16.5. The summed E-state index contributed by atoms with van der Waals surface area (Å²) in [5, 5.41) is 0. The second-order valence-electron chi connectivity index (χ2n) is 3.00. The van der Waals surface area contributed by atoms with Gasteiger partial charge in [0.25, 0.3) is 0 Å². The lowest BCUT2D eigenvalue weighted by atomic mass is 10.3.